The second kappa shape index (κ2) is 6.85. The lowest BCUT2D eigenvalue weighted by molar-refractivity contribution is 0.547. The second-order valence-electron chi connectivity index (χ2n) is 8.06. The van der Waals surface area contributed by atoms with Crippen molar-refractivity contribution in [3.05, 3.63) is 112 Å². The Bertz CT molecular complexity index is 1510. The number of para-hydroxylation sites is 1. The average molecular weight is 403 g/mol. The number of benzene rings is 4. The molecule has 31 heavy (non-hydrogen) atoms. The maximum atomic E-state index is 13.3. The molecular weight excluding hydrogens is 382 g/mol. The summed E-state index contributed by atoms with van der Waals surface area (Å²) in [7, 11) is 0. The van der Waals surface area contributed by atoms with Crippen LogP contribution in [0, 0.1) is 0 Å². The predicted octanol–water partition coefficient (Wildman–Crippen LogP) is 6.69. The van der Waals surface area contributed by atoms with Gasteiger partial charge < -0.3 is 9.73 Å². The summed E-state index contributed by atoms with van der Waals surface area (Å²) >= 11 is 0. The third-order valence-electron chi connectivity index (χ3n) is 6.34. The Morgan fingerprint density at radius 1 is 0.806 bits per heavy atom. The van der Waals surface area contributed by atoms with Crippen molar-refractivity contribution in [1.82, 2.24) is 0 Å². The first-order valence-electron chi connectivity index (χ1n) is 10.7. The van der Waals surface area contributed by atoms with Crippen LogP contribution in [0.4, 0.5) is 5.69 Å². The molecule has 0 amide bonds. The zero-order valence-electron chi connectivity index (χ0n) is 17.2. The summed E-state index contributed by atoms with van der Waals surface area (Å²) in [6.07, 6.45) is 0.983. The van der Waals surface area contributed by atoms with Crippen molar-refractivity contribution < 1.29 is 4.42 Å². The maximum absolute atomic E-state index is 13.3. The molecule has 1 aliphatic rings. The van der Waals surface area contributed by atoms with Gasteiger partial charge in [-0.3, -0.25) is 0 Å². The van der Waals surface area contributed by atoms with E-state index >= 15 is 0 Å². The van der Waals surface area contributed by atoms with E-state index in [2.05, 4.69) is 60.8 Å². The number of hydrogen-bond donors (Lipinski definition) is 1. The number of anilines is 1. The molecule has 0 aliphatic carbocycles. The van der Waals surface area contributed by atoms with Crippen LogP contribution in [-0.2, 0) is 6.42 Å². The Morgan fingerprint density at radius 3 is 2.35 bits per heavy atom. The highest BCUT2D eigenvalue weighted by Gasteiger charge is 2.32. The second-order valence-corrected chi connectivity index (χ2v) is 8.06. The lowest BCUT2D eigenvalue weighted by atomic mass is 9.83. The van der Waals surface area contributed by atoms with Crippen LogP contribution in [0.5, 0.6) is 0 Å². The van der Waals surface area contributed by atoms with E-state index in [1.165, 1.54) is 5.56 Å². The van der Waals surface area contributed by atoms with Gasteiger partial charge in [-0.15, -0.1) is 0 Å². The van der Waals surface area contributed by atoms with E-state index in [0.717, 1.165) is 45.0 Å². The Morgan fingerprint density at radius 2 is 1.55 bits per heavy atom. The molecule has 0 spiro atoms. The van der Waals surface area contributed by atoms with Gasteiger partial charge in [0.05, 0.1) is 11.6 Å². The summed E-state index contributed by atoms with van der Waals surface area (Å²) < 4.78 is 5.79. The number of fused-ring (bicyclic) bond motifs is 7. The van der Waals surface area contributed by atoms with Crippen molar-refractivity contribution in [3.8, 4) is 11.1 Å². The molecule has 0 bridgehead atoms. The minimum Gasteiger partial charge on any atom is -0.422 e. The van der Waals surface area contributed by atoms with E-state index in [9.17, 15) is 4.79 Å². The minimum atomic E-state index is -0.288. The monoisotopic (exact) mass is 403 g/mol. The Balaban J connectivity index is 1.73. The van der Waals surface area contributed by atoms with E-state index < -0.39 is 0 Å². The first kappa shape index (κ1) is 18.0. The van der Waals surface area contributed by atoms with Crippen LogP contribution in [0.3, 0.4) is 0 Å². The molecule has 1 N–H and O–H groups in total. The molecule has 1 aromatic heterocycles. The zero-order chi connectivity index (χ0) is 20.9. The van der Waals surface area contributed by atoms with Gasteiger partial charge in [-0.2, -0.15) is 0 Å². The molecule has 4 aromatic carbocycles. The van der Waals surface area contributed by atoms with E-state index in [4.69, 9.17) is 4.42 Å². The molecule has 3 nitrogen and oxygen atoms in total. The molecule has 2 heterocycles. The quantitative estimate of drug-likeness (QED) is 0.334. The van der Waals surface area contributed by atoms with Gasteiger partial charge >= 0.3 is 5.63 Å². The van der Waals surface area contributed by atoms with Crippen molar-refractivity contribution in [2.75, 3.05) is 5.32 Å². The third-order valence-corrected chi connectivity index (χ3v) is 6.34. The molecule has 1 aliphatic heterocycles. The fraction of sp³-hybridized carbons (Fsp3) is 0.107. The van der Waals surface area contributed by atoms with Gasteiger partial charge in [-0.25, -0.2) is 4.79 Å². The average Bonchev–Trinajstić information content (AvgIpc) is 2.83. The van der Waals surface area contributed by atoms with Gasteiger partial charge in [-0.05, 0) is 40.5 Å². The van der Waals surface area contributed by atoms with E-state index in [1.807, 2.05) is 36.4 Å². The van der Waals surface area contributed by atoms with Crippen LogP contribution in [0.2, 0.25) is 0 Å². The van der Waals surface area contributed by atoms with E-state index in [0.29, 0.717) is 11.1 Å². The lowest BCUT2D eigenvalue weighted by Gasteiger charge is -2.30. The highest BCUT2D eigenvalue weighted by Crippen LogP contribution is 2.47. The smallest absolute Gasteiger partial charge is 0.342 e. The Hall–Kier alpha value is -3.85. The fourth-order valence-electron chi connectivity index (χ4n) is 4.78. The number of hydrogen-bond acceptors (Lipinski definition) is 3. The molecule has 0 saturated heterocycles. The Labute approximate surface area is 180 Å². The third kappa shape index (κ3) is 2.70. The summed E-state index contributed by atoms with van der Waals surface area (Å²) in [6, 6.07) is 28.6. The number of aryl methyl sites for hydroxylation is 1. The van der Waals surface area contributed by atoms with Gasteiger partial charge in [0.15, 0.2) is 0 Å². The first-order chi connectivity index (χ1) is 15.2. The van der Waals surface area contributed by atoms with Crippen molar-refractivity contribution in [2.45, 2.75) is 19.4 Å². The van der Waals surface area contributed by atoms with Crippen molar-refractivity contribution in [2.24, 2.45) is 0 Å². The van der Waals surface area contributed by atoms with Gasteiger partial charge in [-0.1, -0.05) is 79.7 Å². The summed E-state index contributed by atoms with van der Waals surface area (Å²) in [6.45, 7) is 2.14. The number of nitrogens with one attached hydrogen (secondary N) is 1. The molecule has 5 aromatic rings. The zero-order valence-corrected chi connectivity index (χ0v) is 17.2. The van der Waals surface area contributed by atoms with E-state index in [-0.39, 0.29) is 11.7 Å². The van der Waals surface area contributed by atoms with Crippen LogP contribution >= 0.6 is 0 Å². The Kier molecular flexibility index (Phi) is 3.97. The molecule has 0 saturated carbocycles. The first-order valence-corrected chi connectivity index (χ1v) is 10.7. The molecule has 0 unspecified atom stereocenters. The summed E-state index contributed by atoms with van der Waals surface area (Å²) in [5.74, 6) is 0. The molecular formula is C28H21NO2. The standard InChI is InChI=1S/C28H21NO2/c1-2-17-11-13-19(14-12-17)27-26-25(21-9-5-6-10-23(21)31-28(26)30)24-20-8-4-3-7-18(20)15-16-22(24)29-27/h3-16,27,29H,2H2,1H3/t27-/m0/s1. The van der Waals surface area contributed by atoms with Gasteiger partial charge in [0.25, 0.3) is 0 Å². The van der Waals surface area contributed by atoms with Crippen LogP contribution < -0.4 is 10.9 Å². The highest BCUT2D eigenvalue weighted by molar-refractivity contribution is 6.11. The lowest BCUT2D eigenvalue weighted by Crippen LogP contribution is -2.25. The SMILES string of the molecule is CCc1ccc([C@@H]2Nc3ccc4ccccc4c3-c3c2c(=O)oc2ccccc32)cc1. The minimum absolute atomic E-state index is 0.268. The molecule has 0 fully saturated rings. The van der Waals surface area contributed by atoms with Crippen LogP contribution in [0.25, 0.3) is 32.9 Å². The van der Waals surface area contributed by atoms with Gasteiger partial charge in [0, 0.05) is 22.2 Å². The molecule has 3 heteroatoms. The van der Waals surface area contributed by atoms with Gasteiger partial charge in [0.2, 0.25) is 0 Å². The molecule has 1 atom stereocenters. The van der Waals surface area contributed by atoms with Gasteiger partial charge in [0.1, 0.15) is 5.58 Å². The normalized spacial score (nSPS) is 14.8. The number of rotatable bonds is 2. The molecule has 6 rings (SSSR count). The van der Waals surface area contributed by atoms with Crippen LogP contribution in [0.1, 0.15) is 29.7 Å². The largest absolute Gasteiger partial charge is 0.422 e. The van der Waals surface area contributed by atoms with Crippen molar-refractivity contribution in [3.63, 3.8) is 0 Å². The van der Waals surface area contributed by atoms with Crippen LogP contribution in [-0.4, -0.2) is 0 Å². The maximum Gasteiger partial charge on any atom is 0.342 e. The van der Waals surface area contributed by atoms with Crippen molar-refractivity contribution >= 4 is 27.4 Å². The van der Waals surface area contributed by atoms with Crippen molar-refractivity contribution in [1.29, 1.82) is 0 Å². The molecule has 0 radical (unpaired) electrons. The van der Waals surface area contributed by atoms with E-state index in [1.54, 1.807) is 0 Å². The molecule has 150 valence electrons. The summed E-state index contributed by atoms with van der Waals surface area (Å²) in [5, 5.41) is 6.89. The predicted molar refractivity (Wildman–Crippen MR) is 127 cm³/mol. The topological polar surface area (TPSA) is 42.2 Å². The summed E-state index contributed by atoms with van der Waals surface area (Å²) in [5.41, 5.74) is 6.41. The highest BCUT2D eigenvalue weighted by atomic mass is 16.4. The fourth-order valence-corrected chi connectivity index (χ4v) is 4.78. The van der Waals surface area contributed by atoms with Crippen LogP contribution in [0.15, 0.2) is 94.1 Å². The summed E-state index contributed by atoms with van der Waals surface area (Å²) in [4.78, 5) is 13.3.